The number of amides is 1. The Hall–Kier alpha value is -2.04. The van der Waals surface area contributed by atoms with Crippen molar-refractivity contribution < 1.29 is 19.4 Å². The number of fused-ring (bicyclic) bond motifs is 1. The molecule has 1 N–H and O–H groups in total. The Morgan fingerprint density at radius 3 is 2.58 bits per heavy atom. The van der Waals surface area contributed by atoms with E-state index in [9.17, 15) is 14.7 Å². The third-order valence-corrected chi connectivity index (χ3v) is 5.25. The molecule has 1 heterocycles. The van der Waals surface area contributed by atoms with Crippen molar-refractivity contribution in [1.82, 2.24) is 4.90 Å². The van der Waals surface area contributed by atoms with Crippen LogP contribution in [-0.2, 0) is 16.0 Å². The summed E-state index contributed by atoms with van der Waals surface area (Å²) in [5, 5.41) is 9.53. The molecule has 1 saturated heterocycles. The van der Waals surface area contributed by atoms with Crippen molar-refractivity contribution in [3.05, 3.63) is 29.8 Å². The fraction of sp³-hybridized carbons (Fsp3) is 0.579. The van der Waals surface area contributed by atoms with E-state index < -0.39 is 12.0 Å². The van der Waals surface area contributed by atoms with Crippen molar-refractivity contribution in [2.75, 3.05) is 6.61 Å². The molecule has 5 heteroatoms. The normalized spacial score (nSPS) is 26.0. The molecule has 3 atom stereocenters. The second kappa shape index (κ2) is 7.24. The predicted octanol–water partition coefficient (Wildman–Crippen LogP) is 2.87. The summed E-state index contributed by atoms with van der Waals surface area (Å²) in [6.07, 6.45) is 5.06. The molecule has 0 aromatic heterocycles. The Labute approximate surface area is 142 Å². The van der Waals surface area contributed by atoms with Crippen LogP contribution in [0.25, 0.3) is 0 Å². The smallest absolute Gasteiger partial charge is 0.326 e. The zero-order valence-corrected chi connectivity index (χ0v) is 14.1. The first kappa shape index (κ1) is 16.8. The number of aliphatic carboxylic acids is 1. The Bertz CT molecular complexity index is 598. The predicted molar refractivity (Wildman–Crippen MR) is 89.9 cm³/mol. The molecule has 0 bridgehead atoms. The van der Waals surface area contributed by atoms with Gasteiger partial charge in [-0.15, -0.1) is 0 Å². The second-order valence-corrected chi connectivity index (χ2v) is 6.76. The van der Waals surface area contributed by atoms with Crippen LogP contribution in [0.2, 0.25) is 0 Å². The van der Waals surface area contributed by atoms with Crippen molar-refractivity contribution in [2.45, 2.75) is 57.5 Å². The number of nitrogens with zero attached hydrogens (tertiary/aromatic N) is 1. The van der Waals surface area contributed by atoms with Gasteiger partial charge in [0.05, 0.1) is 13.0 Å². The van der Waals surface area contributed by atoms with Crippen LogP contribution in [0.5, 0.6) is 5.75 Å². The molecule has 1 saturated carbocycles. The molecule has 1 aromatic carbocycles. The molecule has 2 aliphatic rings. The summed E-state index contributed by atoms with van der Waals surface area (Å²) in [6, 6.07) is 6.92. The first-order valence-corrected chi connectivity index (χ1v) is 8.86. The Morgan fingerprint density at radius 1 is 1.21 bits per heavy atom. The molecule has 3 unspecified atom stereocenters. The van der Waals surface area contributed by atoms with E-state index in [1.807, 2.05) is 31.2 Å². The van der Waals surface area contributed by atoms with E-state index >= 15 is 0 Å². The van der Waals surface area contributed by atoms with E-state index in [1.165, 1.54) is 0 Å². The first-order valence-electron chi connectivity index (χ1n) is 8.86. The number of carbonyl (C=O) groups is 2. The van der Waals surface area contributed by atoms with Gasteiger partial charge in [0.2, 0.25) is 5.91 Å². The lowest BCUT2D eigenvalue weighted by Gasteiger charge is -2.33. The van der Waals surface area contributed by atoms with E-state index in [2.05, 4.69) is 0 Å². The molecule has 2 fully saturated rings. The minimum atomic E-state index is -0.871. The van der Waals surface area contributed by atoms with Crippen molar-refractivity contribution in [3.8, 4) is 5.75 Å². The van der Waals surface area contributed by atoms with Gasteiger partial charge >= 0.3 is 5.97 Å². The lowest BCUT2D eigenvalue weighted by molar-refractivity contribution is -0.149. The van der Waals surface area contributed by atoms with Gasteiger partial charge in [-0.2, -0.15) is 0 Å². The molecule has 1 aliphatic heterocycles. The van der Waals surface area contributed by atoms with Crippen LogP contribution in [0.1, 0.15) is 44.6 Å². The Kier molecular flexibility index (Phi) is 5.07. The van der Waals surface area contributed by atoms with E-state index in [-0.39, 0.29) is 18.4 Å². The molecule has 130 valence electrons. The topological polar surface area (TPSA) is 66.8 Å². The molecule has 1 aliphatic carbocycles. The summed E-state index contributed by atoms with van der Waals surface area (Å²) in [6.45, 7) is 2.53. The van der Waals surface area contributed by atoms with Gasteiger partial charge in [-0.05, 0) is 49.8 Å². The number of benzene rings is 1. The Balaban J connectivity index is 1.72. The molecular weight excluding hydrogens is 306 g/mol. The van der Waals surface area contributed by atoms with E-state index in [0.717, 1.165) is 37.0 Å². The van der Waals surface area contributed by atoms with Gasteiger partial charge in [-0.3, -0.25) is 4.79 Å². The molecule has 1 amide bonds. The number of likely N-dealkylation sites (tertiary alicyclic amines) is 1. The van der Waals surface area contributed by atoms with Crippen molar-refractivity contribution in [1.29, 1.82) is 0 Å². The number of hydrogen-bond acceptors (Lipinski definition) is 3. The number of rotatable bonds is 5. The fourth-order valence-electron chi connectivity index (χ4n) is 4.18. The highest BCUT2D eigenvalue weighted by Crippen LogP contribution is 2.40. The van der Waals surface area contributed by atoms with Gasteiger partial charge in [0.1, 0.15) is 11.8 Å². The molecule has 1 aromatic rings. The van der Waals surface area contributed by atoms with E-state index in [1.54, 1.807) is 4.90 Å². The van der Waals surface area contributed by atoms with Gasteiger partial charge in [0, 0.05) is 6.04 Å². The van der Waals surface area contributed by atoms with Gasteiger partial charge in [-0.25, -0.2) is 4.79 Å². The van der Waals surface area contributed by atoms with Gasteiger partial charge in [0.15, 0.2) is 0 Å². The molecule has 0 radical (unpaired) electrons. The maximum atomic E-state index is 12.8. The lowest BCUT2D eigenvalue weighted by atomic mass is 9.84. The number of carboxylic acids is 1. The minimum Gasteiger partial charge on any atom is -0.494 e. The van der Waals surface area contributed by atoms with Crippen molar-refractivity contribution >= 4 is 11.9 Å². The van der Waals surface area contributed by atoms with Crippen molar-refractivity contribution in [3.63, 3.8) is 0 Å². The average Bonchev–Trinajstić information content (AvgIpc) is 2.97. The number of hydrogen-bond donors (Lipinski definition) is 1. The van der Waals surface area contributed by atoms with Crippen LogP contribution < -0.4 is 4.74 Å². The van der Waals surface area contributed by atoms with Crippen molar-refractivity contribution in [2.24, 2.45) is 5.92 Å². The highest BCUT2D eigenvalue weighted by atomic mass is 16.5. The van der Waals surface area contributed by atoms with Crippen LogP contribution >= 0.6 is 0 Å². The molecule has 24 heavy (non-hydrogen) atoms. The quantitative estimate of drug-likeness (QED) is 0.901. The maximum absolute atomic E-state index is 12.8. The molecule has 3 rings (SSSR count). The highest BCUT2D eigenvalue weighted by Gasteiger charge is 2.47. The second-order valence-electron chi connectivity index (χ2n) is 6.76. The minimum absolute atomic E-state index is 0.0686. The average molecular weight is 331 g/mol. The van der Waals surface area contributed by atoms with Gasteiger partial charge in [-0.1, -0.05) is 25.0 Å². The Morgan fingerprint density at radius 2 is 1.92 bits per heavy atom. The number of ether oxygens (including phenoxy) is 1. The summed E-state index contributed by atoms with van der Waals surface area (Å²) in [5.41, 5.74) is 0.895. The van der Waals surface area contributed by atoms with Crippen LogP contribution in [0.3, 0.4) is 0 Å². The summed E-state index contributed by atoms with van der Waals surface area (Å²) in [7, 11) is 0. The first-order chi connectivity index (χ1) is 11.6. The zero-order valence-electron chi connectivity index (χ0n) is 14.1. The highest BCUT2D eigenvalue weighted by molar-refractivity contribution is 5.86. The van der Waals surface area contributed by atoms with E-state index in [0.29, 0.717) is 18.9 Å². The third-order valence-electron chi connectivity index (χ3n) is 5.25. The number of carbonyl (C=O) groups excluding carboxylic acids is 1. The monoisotopic (exact) mass is 331 g/mol. The summed E-state index contributed by atoms with van der Waals surface area (Å²) in [5.74, 6) is 0.195. The SMILES string of the molecule is CCOc1ccc(CC(=O)N2C(C(=O)O)CC3CCCCC32)cc1. The molecule has 5 nitrogen and oxygen atoms in total. The van der Waals surface area contributed by atoms with Gasteiger partial charge in [0.25, 0.3) is 0 Å². The van der Waals surface area contributed by atoms with Gasteiger partial charge < -0.3 is 14.7 Å². The number of carboxylic acid groups (broad SMARTS) is 1. The third kappa shape index (κ3) is 3.40. The lowest BCUT2D eigenvalue weighted by Crippen LogP contribution is -2.46. The molecule has 0 spiro atoms. The summed E-state index contributed by atoms with van der Waals surface area (Å²) >= 11 is 0. The standard InChI is InChI=1S/C19H25NO4/c1-2-24-15-9-7-13(8-10-15)11-18(21)20-16-6-4-3-5-14(16)12-17(20)19(22)23/h7-10,14,16-17H,2-6,11-12H2,1H3,(H,22,23). The van der Waals surface area contributed by atoms with Crippen LogP contribution in [0, 0.1) is 5.92 Å². The zero-order chi connectivity index (χ0) is 17.1. The summed E-state index contributed by atoms with van der Waals surface area (Å²) < 4.78 is 5.41. The van der Waals surface area contributed by atoms with Crippen LogP contribution in [0.15, 0.2) is 24.3 Å². The molecular formula is C19H25NO4. The fourth-order valence-corrected chi connectivity index (χ4v) is 4.18. The largest absolute Gasteiger partial charge is 0.494 e. The van der Waals surface area contributed by atoms with E-state index in [4.69, 9.17) is 4.74 Å². The van der Waals surface area contributed by atoms with Crippen LogP contribution in [-0.4, -0.2) is 40.6 Å². The van der Waals surface area contributed by atoms with Crippen LogP contribution in [0.4, 0.5) is 0 Å². The summed E-state index contributed by atoms with van der Waals surface area (Å²) in [4.78, 5) is 26.1. The maximum Gasteiger partial charge on any atom is 0.326 e.